The molecule has 8 heteroatoms. The van der Waals surface area contributed by atoms with Crippen molar-refractivity contribution in [3.8, 4) is 0 Å². The van der Waals surface area contributed by atoms with E-state index < -0.39 is 22.7 Å². The molecule has 0 aromatic heterocycles. The summed E-state index contributed by atoms with van der Waals surface area (Å²) in [7, 11) is 1.48. The second-order valence-corrected chi connectivity index (χ2v) is 7.15. The first-order valence-electron chi connectivity index (χ1n) is 9.35. The maximum absolute atomic E-state index is 12.9. The summed E-state index contributed by atoms with van der Waals surface area (Å²) in [5.74, 6) is -1.81. The van der Waals surface area contributed by atoms with Crippen LogP contribution < -0.4 is 0 Å². The summed E-state index contributed by atoms with van der Waals surface area (Å²) < 4.78 is 5.06. The second kappa shape index (κ2) is 8.46. The van der Waals surface area contributed by atoms with Gasteiger partial charge < -0.3 is 14.7 Å². The van der Waals surface area contributed by atoms with Crippen LogP contribution in [-0.2, 0) is 14.3 Å². The van der Waals surface area contributed by atoms with Crippen LogP contribution in [0.3, 0.4) is 0 Å². The molecule has 156 valence electrons. The molecule has 1 aliphatic rings. The van der Waals surface area contributed by atoms with E-state index in [4.69, 9.17) is 4.74 Å². The summed E-state index contributed by atoms with van der Waals surface area (Å²) >= 11 is 0. The third-order valence-electron chi connectivity index (χ3n) is 5.14. The number of hydrogen-bond donors (Lipinski definition) is 1. The zero-order valence-corrected chi connectivity index (χ0v) is 16.9. The molecule has 0 radical (unpaired) electrons. The molecule has 1 aliphatic heterocycles. The molecule has 1 saturated heterocycles. The van der Waals surface area contributed by atoms with Crippen LogP contribution in [0.1, 0.15) is 28.3 Å². The van der Waals surface area contributed by atoms with E-state index >= 15 is 0 Å². The molecule has 1 atom stereocenters. The number of likely N-dealkylation sites (tertiary alicyclic amines) is 1. The normalized spacial score (nSPS) is 18.1. The predicted octanol–water partition coefficient (Wildman–Crippen LogP) is 3.28. The van der Waals surface area contributed by atoms with Crippen molar-refractivity contribution < 1.29 is 24.4 Å². The van der Waals surface area contributed by atoms with Crippen molar-refractivity contribution in [2.45, 2.75) is 19.9 Å². The highest BCUT2D eigenvalue weighted by Gasteiger charge is 2.46. The van der Waals surface area contributed by atoms with E-state index in [-0.39, 0.29) is 30.2 Å². The number of non-ortho nitro benzene ring substituents is 1. The van der Waals surface area contributed by atoms with E-state index in [0.717, 1.165) is 11.1 Å². The Balaban J connectivity index is 2.19. The lowest BCUT2D eigenvalue weighted by atomic mass is 9.93. The number of nitro benzene ring substituents is 1. The van der Waals surface area contributed by atoms with Crippen molar-refractivity contribution in [2.24, 2.45) is 0 Å². The fourth-order valence-electron chi connectivity index (χ4n) is 3.56. The Morgan fingerprint density at radius 3 is 2.43 bits per heavy atom. The van der Waals surface area contributed by atoms with Crippen LogP contribution in [0.15, 0.2) is 48.0 Å². The zero-order chi connectivity index (χ0) is 22.0. The number of ketones is 1. The highest BCUT2D eigenvalue weighted by atomic mass is 16.6. The second-order valence-electron chi connectivity index (χ2n) is 7.15. The Morgan fingerprint density at radius 1 is 1.17 bits per heavy atom. The van der Waals surface area contributed by atoms with Crippen LogP contribution in [0.4, 0.5) is 5.69 Å². The molecule has 0 bridgehead atoms. The summed E-state index contributed by atoms with van der Waals surface area (Å²) in [6.45, 7) is 3.99. The Labute approximate surface area is 173 Å². The van der Waals surface area contributed by atoms with Gasteiger partial charge in [-0.15, -0.1) is 0 Å². The highest BCUT2D eigenvalue weighted by molar-refractivity contribution is 6.46. The molecule has 1 fully saturated rings. The molecule has 2 aromatic rings. The first kappa shape index (κ1) is 21.2. The minimum Gasteiger partial charge on any atom is -0.507 e. The lowest BCUT2D eigenvalue weighted by Gasteiger charge is -2.25. The van der Waals surface area contributed by atoms with Crippen molar-refractivity contribution in [3.63, 3.8) is 0 Å². The highest BCUT2D eigenvalue weighted by Crippen LogP contribution is 2.40. The summed E-state index contributed by atoms with van der Waals surface area (Å²) in [6.07, 6.45) is 0. The van der Waals surface area contributed by atoms with Crippen molar-refractivity contribution in [2.75, 3.05) is 20.3 Å². The van der Waals surface area contributed by atoms with E-state index in [1.165, 1.54) is 36.3 Å². The number of Topliss-reactive ketones (excluding diaryl/α,β-unsaturated/α-hetero) is 1. The van der Waals surface area contributed by atoms with E-state index in [2.05, 4.69) is 0 Å². The van der Waals surface area contributed by atoms with Gasteiger partial charge in [0.05, 0.1) is 23.1 Å². The Kier molecular flexibility index (Phi) is 5.98. The number of carbonyl (C=O) groups is 2. The number of hydrogen-bond acceptors (Lipinski definition) is 6. The number of rotatable bonds is 6. The van der Waals surface area contributed by atoms with Crippen LogP contribution in [0.5, 0.6) is 0 Å². The zero-order valence-electron chi connectivity index (χ0n) is 16.9. The smallest absolute Gasteiger partial charge is 0.295 e. The number of aliphatic hydroxyl groups is 1. The number of ether oxygens (including phenoxy) is 1. The summed E-state index contributed by atoms with van der Waals surface area (Å²) in [4.78, 5) is 37.4. The van der Waals surface area contributed by atoms with E-state index in [9.17, 15) is 24.8 Å². The van der Waals surface area contributed by atoms with Gasteiger partial charge in [0.25, 0.3) is 17.4 Å². The fraction of sp³-hybridized carbons (Fsp3) is 0.273. The molecule has 3 rings (SSSR count). The molecule has 1 unspecified atom stereocenters. The van der Waals surface area contributed by atoms with Gasteiger partial charge in [0, 0.05) is 31.4 Å². The first-order valence-corrected chi connectivity index (χ1v) is 9.35. The van der Waals surface area contributed by atoms with Crippen molar-refractivity contribution >= 4 is 23.1 Å². The number of nitrogens with zero attached hydrogens (tertiary/aromatic N) is 2. The third kappa shape index (κ3) is 3.81. The number of aliphatic hydroxyl groups excluding tert-OH is 1. The number of benzene rings is 2. The van der Waals surface area contributed by atoms with Gasteiger partial charge in [0.1, 0.15) is 5.76 Å². The maximum Gasteiger partial charge on any atom is 0.295 e. The lowest BCUT2D eigenvalue weighted by Crippen LogP contribution is -2.32. The van der Waals surface area contributed by atoms with Crippen LogP contribution in [0.25, 0.3) is 5.76 Å². The minimum absolute atomic E-state index is 0.0429. The SMILES string of the molecule is COCCN1C(=O)C(=O)C(=C(O)c2cc(C)ccc2C)C1c1ccc([N+](=O)[O-])cc1. The number of methoxy groups -OCH3 is 1. The minimum atomic E-state index is -0.874. The van der Waals surface area contributed by atoms with Gasteiger partial charge in [-0.3, -0.25) is 19.7 Å². The average molecular weight is 410 g/mol. The Hall–Kier alpha value is -3.52. The summed E-state index contributed by atoms with van der Waals surface area (Å²) in [5.41, 5.74) is 2.45. The maximum atomic E-state index is 12.9. The molecule has 0 aliphatic carbocycles. The van der Waals surface area contributed by atoms with Gasteiger partial charge in [-0.1, -0.05) is 17.7 Å². The van der Waals surface area contributed by atoms with Crippen LogP contribution >= 0.6 is 0 Å². The van der Waals surface area contributed by atoms with Crippen LogP contribution in [0.2, 0.25) is 0 Å². The largest absolute Gasteiger partial charge is 0.507 e. The van der Waals surface area contributed by atoms with Gasteiger partial charge in [0.2, 0.25) is 0 Å². The number of nitro groups is 1. The van der Waals surface area contributed by atoms with Crippen molar-refractivity contribution in [3.05, 3.63) is 80.4 Å². The summed E-state index contributed by atoms with van der Waals surface area (Å²) in [6, 6.07) is 10.2. The van der Waals surface area contributed by atoms with Gasteiger partial charge in [-0.05, 0) is 43.2 Å². The van der Waals surface area contributed by atoms with Crippen molar-refractivity contribution in [1.29, 1.82) is 0 Å². The van der Waals surface area contributed by atoms with Gasteiger partial charge >= 0.3 is 0 Å². The number of carbonyl (C=O) groups excluding carboxylic acids is 2. The van der Waals surface area contributed by atoms with Crippen molar-refractivity contribution in [1.82, 2.24) is 4.90 Å². The number of amides is 1. The van der Waals surface area contributed by atoms with E-state index in [1.807, 2.05) is 19.1 Å². The predicted molar refractivity (Wildman–Crippen MR) is 110 cm³/mol. The van der Waals surface area contributed by atoms with Crippen LogP contribution in [0, 0.1) is 24.0 Å². The molecule has 1 heterocycles. The molecule has 0 spiro atoms. The summed E-state index contributed by atoms with van der Waals surface area (Å²) in [5, 5.41) is 22.1. The van der Waals surface area contributed by atoms with Gasteiger partial charge in [0.15, 0.2) is 0 Å². The van der Waals surface area contributed by atoms with Gasteiger partial charge in [-0.25, -0.2) is 0 Å². The molecule has 0 saturated carbocycles. The molecular formula is C22H22N2O6. The Morgan fingerprint density at radius 2 is 1.83 bits per heavy atom. The van der Waals surface area contributed by atoms with Gasteiger partial charge in [-0.2, -0.15) is 0 Å². The first-order chi connectivity index (χ1) is 14.3. The Bertz CT molecular complexity index is 1040. The van der Waals surface area contributed by atoms with E-state index in [1.54, 1.807) is 13.0 Å². The molecule has 2 aromatic carbocycles. The topological polar surface area (TPSA) is 110 Å². The van der Waals surface area contributed by atoms with E-state index in [0.29, 0.717) is 11.1 Å². The monoisotopic (exact) mass is 410 g/mol. The molecular weight excluding hydrogens is 388 g/mol. The molecule has 8 nitrogen and oxygen atoms in total. The average Bonchev–Trinajstić information content (AvgIpc) is 2.98. The third-order valence-corrected chi connectivity index (χ3v) is 5.14. The molecule has 1 amide bonds. The number of aryl methyl sites for hydroxylation is 2. The quantitative estimate of drug-likeness (QED) is 0.257. The molecule has 30 heavy (non-hydrogen) atoms. The van der Waals surface area contributed by atoms with Crippen LogP contribution in [-0.4, -0.2) is 46.9 Å². The molecule has 1 N–H and O–H groups in total. The lowest BCUT2D eigenvalue weighted by molar-refractivity contribution is -0.384. The standard InChI is InChI=1S/C22H22N2O6/c1-13-4-5-14(2)17(12-13)20(25)18-19(15-6-8-16(9-7-15)24(28)29)23(10-11-30-3)22(27)21(18)26/h4-9,12,19,25H,10-11H2,1-3H3. The fourth-order valence-corrected chi connectivity index (χ4v) is 3.56.